The summed E-state index contributed by atoms with van der Waals surface area (Å²) in [6.45, 7) is 15.0. The van der Waals surface area contributed by atoms with Gasteiger partial charge in [-0.25, -0.2) is 4.79 Å². The maximum atomic E-state index is 12.7. The van der Waals surface area contributed by atoms with Gasteiger partial charge >= 0.3 is 5.97 Å². The van der Waals surface area contributed by atoms with Crippen LogP contribution in [0.5, 0.6) is 11.5 Å². The van der Waals surface area contributed by atoms with Crippen molar-refractivity contribution in [2.45, 2.75) is 112 Å². The number of carbonyl (C=O) groups excluding carboxylic acids is 1. The van der Waals surface area contributed by atoms with Gasteiger partial charge in [0.05, 0.1) is 7.11 Å². The van der Waals surface area contributed by atoms with Crippen LogP contribution in [0.4, 0.5) is 0 Å². The smallest absolute Gasteiger partial charge is 0.331 e. The molecule has 0 heterocycles. The molecule has 0 radical (unpaired) electrons. The molecule has 5 rings (SSSR count). The highest BCUT2D eigenvalue weighted by molar-refractivity contribution is 5.87. The van der Waals surface area contributed by atoms with Gasteiger partial charge in [-0.15, -0.1) is 0 Å². The minimum atomic E-state index is -0.299. The third kappa shape index (κ3) is 5.93. The second kappa shape index (κ2) is 12.4. The van der Waals surface area contributed by atoms with Crippen molar-refractivity contribution < 1.29 is 19.4 Å². The molecule has 4 nitrogen and oxygen atoms in total. The lowest BCUT2D eigenvalue weighted by Gasteiger charge is -2.58. The van der Waals surface area contributed by atoms with Crippen LogP contribution in [-0.2, 0) is 9.53 Å². The van der Waals surface area contributed by atoms with Crippen LogP contribution in [0.1, 0.15) is 111 Å². The van der Waals surface area contributed by atoms with Gasteiger partial charge < -0.3 is 14.6 Å². The molecular formula is C38H56O4. The second-order valence-corrected chi connectivity index (χ2v) is 15.3. The zero-order valence-corrected chi connectivity index (χ0v) is 27.3. The minimum absolute atomic E-state index is 0.0498. The maximum absolute atomic E-state index is 12.7. The first-order chi connectivity index (χ1) is 20.0. The molecule has 3 saturated carbocycles. The monoisotopic (exact) mass is 576 g/mol. The number of hydrogen-bond acceptors (Lipinski definition) is 4. The number of benzene rings is 1. The van der Waals surface area contributed by atoms with Crippen LogP contribution in [0.15, 0.2) is 35.9 Å². The minimum Gasteiger partial charge on any atom is -0.504 e. The summed E-state index contributed by atoms with van der Waals surface area (Å²) in [6, 6.07) is 5.04. The molecular weight excluding hydrogens is 520 g/mol. The predicted molar refractivity (Wildman–Crippen MR) is 171 cm³/mol. The lowest BCUT2D eigenvalue weighted by Crippen LogP contribution is -2.51. The zero-order valence-electron chi connectivity index (χ0n) is 27.3. The Labute approximate surface area is 255 Å². The molecule has 4 heteroatoms. The summed E-state index contributed by atoms with van der Waals surface area (Å²) in [5.74, 6) is 5.94. The number of methoxy groups -OCH3 is 1. The van der Waals surface area contributed by atoms with E-state index in [2.05, 4.69) is 47.6 Å². The summed E-state index contributed by atoms with van der Waals surface area (Å²) in [6.07, 6.45) is 18.3. The maximum Gasteiger partial charge on any atom is 0.331 e. The largest absolute Gasteiger partial charge is 0.504 e. The molecule has 9 atom stereocenters. The lowest BCUT2D eigenvalue weighted by molar-refractivity contribution is -0.145. The van der Waals surface area contributed by atoms with Crippen molar-refractivity contribution >= 4 is 12.0 Å². The lowest BCUT2D eigenvalue weighted by atomic mass is 9.47. The molecule has 0 spiro atoms. The Hall–Kier alpha value is -2.23. The summed E-state index contributed by atoms with van der Waals surface area (Å²) < 4.78 is 11.1. The number of ether oxygens (including phenoxy) is 2. The first kappa shape index (κ1) is 31.2. The standard InChI is InChI=1S/C38H56O4/c1-24(2)25(3)8-9-26(4)31-14-15-32-30-13-12-28-23-29(18-20-37(28,5)33(30)19-21-38(31,32)6)42-36(40)17-11-27-10-16-34(39)35(22-27)41-7/h10-12,16-17,22,24-26,29-33,39H,8-9,13-15,18-21,23H2,1-7H3/t25-,26-,29+,30-,31-,32+,33+,37+,38-/m1/s1. The molecule has 4 aliphatic rings. The average Bonchev–Trinajstić information content (AvgIpc) is 3.32. The molecule has 0 aromatic heterocycles. The van der Waals surface area contributed by atoms with Gasteiger partial charge in [-0.3, -0.25) is 0 Å². The van der Waals surface area contributed by atoms with E-state index in [1.165, 1.54) is 58.1 Å². The highest BCUT2D eigenvalue weighted by Gasteiger charge is 2.59. The van der Waals surface area contributed by atoms with Crippen molar-refractivity contribution in [2.75, 3.05) is 7.11 Å². The summed E-state index contributed by atoms with van der Waals surface area (Å²) in [7, 11) is 1.52. The number of phenols is 1. The van der Waals surface area contributed by atoms with Crippen LogP contribution in [-0.4, -0.2) is 24.3 Å². The molecule has 0 amide bonds. The second-order valence-electron chi connectivity index (χ2n) is 15.3. The van der Waals surface area contributed by atoms with Crippen LogP contribution in [0, 0.1) is 52.3 Å². The van der Waals surface area contributed by atoms with Gasteiger partial charge in [0.15, 0.2) is 11.5 Å². The van der Waals surface area contributed by atoms with E-state index in [1.807, 2.05) is 0 Å². The Kier molecular flexibility index (Phi) is 9.22. The Morgan fingerprint density at radius 1 is 1.05 bits per heavy atom. The molecule has 1 N–H and O–H groups in total. The first-order valence-electron chi connectivity index (χ1n) is 16.9. The number of esters is 1. The van der Waals surface area contributed by atoms with Crippen molar-refractivity contribution in [1.29, 1.82) is 0 Å². The fourth-order valence-corrected chi connectivity index (χ4v) is 9.93. The third-order valence-corrected chi connectivity index (χ3v) is 12.9. The van der Waals surface area contributed by atoms with E-state index in [-0.39, 0.29) is 23.2 Å². The molecule has 42 heavy (non-hydrogen) atoms. The van der Waals surface area contributed by atoms with E-state index in [0.29, 0.717) is 11.2 Å². The van der Waals surface area contributed by atoms with Gasteiger partial charge in [0.2, 0.25) is 0 Å². The number of rotatable bonds is 9. The highest BCUT2D eigenvalue weighted by atomic mass is 16.5. The predicted octanol–water partition coefficient (Wildman–Crippen LogP) is 9.61. The average molecular weight is 577 g/mol. The van der Waals surface area contributed by atoms with Crippen molar-refractivity contribution in [3.05, 3.63) is 41.5 Å². The third-order valence-electron chi connectivity index (χ3n) is 12.9. The number of aromatic hydroxyl groups is 1. The van der Waals surface area contributed by atoms with Crippen LogP contribution in [0.3, 0.4) is 0 Å². The molecule has 0 aliphatic heterocycles. The SMILES string of the molecule is COc1cc(C=CC(=O)O[C@H]2CC[C@@]3(C)C(=CC[C@@H]4[C@@H]5CC[C@H]([C@H](C)CC[C@@H](C)C(C)C)[C@@]5(C)CC[C@@H]43)C2)ccc1O. The van der Waals surface area contributed by atoms with Crippen LogP contribution >= 0.6 is 0 Å². The summed E-state index contributed by atoms with van der Waals surface area (Å²) in [4.78, 5) is 12.7. The topological polar surface area (TPSA) is 55.8 Å². The fourth-order valence-electron chi connectivity index (χ4n) is 9.93. The van der Waals surface area contributed by atoms with E-state index in [0.717, 1.165) is 66.3 Å². The van der Waals surface area contributed by atoms with Gasteiger partial charge in [-0.2, -0.15) is 0 Å². The number of phenolic OH excluding ortho intramolecular Hbond substituents is 1. The molecule has 0 saturated heterocycles. The number of hydrogen-bond donors (Lipinski definition) is 1. The Balaban J connectivity index is 1.21. The van der Waals surface area contributed by atoms with E-state index < -0.39 is 0 Å². The van der Waals surface area contributed by atoms with Gasteiger partial charge in [-0.05, 0) is 121 Å². The molecule has 0 unspecified atom stereocenters. The van der Waals surface area contributed by atoms with E-state index in [9.17, 15) is 9.90 Å². The summed E-state index contributed by atoms with van der Waals surface area (Å²) in [5, 5.41) is 9.81. The Morgan fingerprint density at radius 3 is 2.57 bits per heavy atom. The normalized spacial score (nSPS) is 35.6. The van der Waals surface area contributed by atoms with Crippen LogP contribution in [0.2, 0.25) is 0 Å². The van der Waals surface area contributed by atoms with Crippen LogP contribution < -0.4 is 4.74 Å². The molecule has 232 valence electrons. The zero-order chi connectivity index (χ0) is 30.2. The van der Waals surface area contributed by atoms with Gasteiger partial charge in [-0.1, -0.05) is 72.1 Å². The molecule has 1 aromatic carbocycles. The number of allylic oxidation sites excluding steroid dienone is 1. The molecule has 3 fully saturated rings. The number of carbonyl (C=O) groups is 1. The summed E-state index contributed by atoms with van der Waals surface area (Å²) >= 11 is 0. The van der Waals surface area contributed by atoms with Gasteiger partial charge in [0, 0.05) is 12.5 Å². The van der Waals surface area contributed by atoms with Gasteiger partial charge in [0.1, 0.15) is 6.10 Å². The first-order valence-corrected chi connectivity index (χ1v) is 16.9. The van der Waals surface area contributed by atoms with Crippen molar-refractivity contribution in [3.8, 4) is 11.5 Å². The Morgan fingerprint density at radius 2 is 1.83 bits per heavy atom. The van der Waals surface area contributed by atoms with Gasteiger partial charge in [0.25, 0.3) is 0 Å². The van der Waals surface area contributed by atoms with Crippen molar-refractivity contribution in [2.24, 2.45) is 52.3 Å². The quantitative estimate of drug-likeness (QED) is 0.181. The van der Waals surface area contributed by atoms with E-state index in [1.54, 1.807) is 29.8 Å². The van der Waals surface area contributed by atoms with Crippen molar-refractivity contribution in [1.82, 2.24) is 0 Å². The molecule has 4 aliphatic carbocycles. The number of fused-ring (bicyclic) bond motifs is 5. The van der Waals surface area contributed by atoms with Crippen LogP contribution in [0.25, 0.3) is 6.08 Å². The van der Waals surface area contributed by atoms with E-state index >= 15 is 0 Å². The molecule has 1 aromatic rings. The van der Waals surface area contributed by atoms with Crippen molar-refractivity contribution in [3.63, 3.8) is 0 Å². The molecule has 0 bridgehead atoms. The van der Waals surface area contributed by atoms with E-state index in [4.69, 9.17) is 9.47 Å². The Bertz CT molecular complexity index is 1180. The summed E-state index contributed by atoms with van der Waals surface area (Å²) in [5.41, 5.74) is 3.09. The fraction of sp³-hybridized carbons (Fsp3) is 0.711. The highest BCUT2D eigenvalue weighted by Crippen LogP contribution is 2.67.